The van der Waals surface area contributed by atoms with Crippen molar-refractivity contribution in [2.45, 2.75) is 12.3 Å². The van der Waals surface area contributed by atoms with E-state index in [2.05, 4.69) is 16.0 Å². The van der Waals surface area contributed by atoms with Gasteiger partial charge in [0.15, 0.2) is 5.82 Å². The number of fused-ring (bicyclic) bond motifs is 1. The molecule has 3 aliphatic rings. The SMILES string of the molecule is CC=CC1NN2C(=NNC2=C2C=CC(=[N+]([O-])[O-])C=C2)S1. The highest BCUT2D eigenvalue weighted by molar-refractivity contribution is 8.14. The molecule has 0 aromatic heterocycles. The molecule has 1 aliphatic carbocycles. The van der Waals surface area contributed by atoms with Gasteiger partial charge in [-0.05, 0) is 19.1 Å². The molecule has 7 nitrogen and oxygen atoms in total. The van der Waals surface area contributed by atoms with E-state index in [-0.39, 0.29) is 11.1 Å². The molecule has 1 saturated heterocycles. The van der Waals surface area contributed by atoms with E-state index in [1.54, 1.807) is 23.9 Å². The number of hydrazine groups is 1. The molecule has 104 valence electrons. The molecular formula is C12H12N5O2S-. The second kappa shape index (κ2) is 5.06. The second-order valence-electron chi connectivity index (χ2n) is 4.19. The zero-order valence-corrected chi connectivity index (χ0v) is 11.4. The van der Waals surface area contributed by atoms with Gasteiger partial charge >= 0.3 is 0 Å². The van der Waals surface area contributed by atoms with E-state index in [0.717, 1.165) is 16.6 Å². The smallest absolute Gasteiger partial charge is 0.222 e. The lowest BCUT2D eigenvalue weighted by Gasteiger charge is -2.17. The van der Waals surface area contributed by atoms with Gasteiger partial charge < -0.3 is 10.4 Å². The first-order valence-electron chi connectivity index (χ1n) is 6.00. The van der Waals surface area contributed by atoms with Crippen molar-refractivity contribution in [2.24, 2.45) is 5.10 Å². The van der Waals surface area contributed by atoms with E-state index in [1.165, 1.54) is 12.2 Å². The third-order valence-electron chi connectivity index (χ3n) is 2.88. The molecule has 1 atom stereocenters. The molecular weight excluding hydrogens is 278 g/mol. The van der Waals surface area contributed by atoms with Crippen LogP contribution in [-0.4, -0.2) is 26.2 Å². The van der Waals surface area contributed by atoms with Crippen LogP contribution in [0.15, 0.2) is 53.0 Å². The Morgan fingerprint density at radius 3 is 2.75 bits per heavy atom. The van der Waals surface area contributed by atoms with Gasteiger partial charge in [0.2, 0.25) is 10.9 Å². The summed E-state index contributed by atoms with van der Waals surface area (Å²) in [7, 11) is 0. The summed E-state index contributed by atoms with van der Waals surface area (Å²) in [6.45, 7) is 1.96. The number of rotatable bonds is 1. The molecule has 2 aliphatic heterocycles. The average Bonchev–Trinajstić information content (AvgIpc) is 2.99. The van der Waals surface area contributed by atoms with Crippen LogP contribution in [0.5, 0.6) is 0 Å². The second-order valence-corrected chi connectivity index (χ2v) is 5.30. The van der Waals surface area contributed by atoms with E-state index >= 15 is 0 Å². The maximum atomic E-state index is 10.7. The van der Waals surface area contributed by atoms with Gasteiger partial charge in [-0.3, -0.25) is 5.43 Å². The number of nitrogens with one attached hydrogen (secondary N) is 2. The average molecular weight is 290 g/mol. The summed E-state index contributed by atoms with van der Waals surface area (Å²) >= 11 is 1.60. The quantitative estimate of drug-likeness (QED) is 0.427. The molecule has 0 aromatic rings. The van der Waals surface area contributed by atoms with Crippen molar-refractivity contribution in [1.29, 1.82) is 0 Å². The fourth-order valence-electron chi connectivity index (χ4n) is 1.95. The van der Waals surface area contributed by atoms with Crippen molar-refractivity contribution in [1.82, 2.24) is 15.9 Å². The number of thioether (sulfide) groups is 1. The summed E-state index contributed by atoms with van der Waals surface area (Å²) in [6.07, 6.45) is 10.4. The summed E-state index contributed by atoms with van der Waals surface area (Å²) in [5.41, 5.74) is 7.13. The molecule has 0 aromatic carbocycles. The lowest BCUT2D eigenvalue weighted by molar-refractivity contribution is -0.377. The molecule has 0 bridgehead atoms. The Morgan fingerprint density at radius 1 is 1.35 bits per heavy atom. The molecule has 20 heavy (non-hydrogen) atoms. The van der Waals surface area contributed by atoms with Crippen molar-refractivity contribution in [3.63, 3.8) is 0 Å². The van der Waals surface area contributed by atoms with Crippen molar-refractivity contribution in [3.05, 3.63) is 58.3 Å². The van der Waals surface area contributed by atoms with Crippen LogP contribution in [0, 0.1) is 10.4 Å². The highest BCUT2D eigenvalue weighted by atomic mass is 32.2. The van der Waals surface area contributed by atoms with Gasteiger partial charge in [-0.15, -0.1) is 5.10 Å². The van der Waals surface area contributed by atoms with E-state index in [0.29, 0.717) is 0 Å². The maximum Gasteiger partial charge on any atom is 0.222 e. The highest BCUT2D eigenvalue weighted by Crippen LogP contribution is 2.30. The Bertz CT molecular complexity index is 595. The third kappa shape index (κ3) is 2.19. The van der Waals surface area contributed by atoms with Crippen LogP contribution in [0.3, 0.4) is 0 Å². The minimum Gasteiger partial charge on any atom is -0.612 e. The van der Waals surface area contributed by atoms with Crippen LogP contribution in [0.4, 0.5) is 0 Å². The Balaban J connectivity index is 1.84. The third-order valence-corrected chi connectivity index (χ3v) is 3.88. The molecule has 3 rings (SSSR count). The first-order valence-corrected chi connectivity index (χ1v) is 6.88. The van der Waals surface area contributed by atoms with Crippen LogP contribution in [0.25, 0.3) is 0 Å². The van der Waals surface area contributed by atoms with Crippen molar-refractivity contribution in [3.8, 4) is 0 Å². The first-order chi connectivity index (χ1) is 9.69. The lowest BCUT2D eigenvalue weighted by atomic mass is 10.1. The number of hydrogen-bond donors (Lipinski definition) is 2. The summed E-state index contributed by atoms with van der Waals surface area (Å²) in [5, 5.41) is 28.4. The van der Waals surface area contributed by atoms with Gasteiger partial charge in [0.25, 0.3) is 0 Å². The molecule has 2 heterocycles. The molecule has 0 amide bonds. The van der Waals surface area contributed by atoms with E-state index in [4.69, 9.17) is 0 Å². The number of nitrogens with zero attached hydrogens (tertiary/aromatic N) is 3. The predicted octanol–water partition coefficient (Wildman–Crippen LogP) is 1.10. The molecule has 2 N–H and O–H groups in total. The zero-order valence-electron chi connectivity index (χ0n) is 10.6. The number of amidine groups is 1. The van der Waals surface area contributed by atoms with Gasteiger partial charge in [-0.2, -0.15) is 4.90 Å². The number of hydrogen-bond acceptors (Lipinski definition) is 7. The lowest BCUT2D eigenvalue weighted by Crippen LogP contribution is -2.36. The van der Waals surface area contributed by atoms with Crippen LogP contribution < -0.4 is 10.9 Å². The fraction of sp³-hybridized carbons (Fsp3) is 0.167. The van der Waals surface area contributed by atoms with E-state index in [1.807, 2.05) is 24.1 Å². The topological polar surface area (TPSA) is 88.8 Å². The van der Waals surface area contributed by atoms with Crippen LogP contribution in [0.1, 0.15) is 6.92 Å². The molecule has 0 spiro atoms. The molecule has 0 radical (unpaired) electrons. The van der Waals surface area contributed by atoms with Gasteiger partial charge in [0.1, 0.15) is 0 Å². The Kier molecular flexibility index (Phi) is 3.25. The summed E-state index contributed by atoms with van der Waals surface area (Å²) in [6, 6.07) is 0. The number of allylic oxidation sites excluding steroid dienone is 6. The Hall–Kier alpha value is -2.19. The molecule has 1 fully saturated rings. The summed E-state index contributed by atoms with van der Waals surface area (Å²) < 4.78 is 0. The molecule has 8 heteroatoms. The largest absolute Gasteiger partial charge is 0.612 e. The summed E-state index contributed by atoms with van der Waals surface area (Å²) in [5.74, 6) is 0.773. The number of hydrazone groups is 1. The van der Waals surface area contributed by atoms with Crippen molar-refractivity contribution in [2.75, 3.05) is 0 Å². The fourth-order valence-corrected chi connectivity index (χ4v) is 2.92. The van der Waals surface area contributed by atoms with Crippen molar-refractivity contribution < 1.29 is 4.90 Å². The van der Waals surface area contributed by atoms with Crippen LogP contribution in [-0.2, 0) is 0 Å². The normalized spacial score (nSPS) is 24.4. The van der Waals surface area contributed by atoms with Gasteiger partial charge in [0.05, 0.1) is 5.37 Å². The maximum absolute atomic E-state index is 10.7. The highest BCUT2D eigenvalue weighted by Gasteiger charge is 2.34. The van der Waals surface area contributed by atoms with E-state index in [9.17, 15) is 10.4 Å². The van der Waals surface area contributed by atoms with Gasteiger partial charge in [-0.25, -0.2) is 10.4 Å². The first kappa shape index (κ1) is 12.8. The Labute approximate surface area is 119 Å². The minimum absolute atomic E-state index is 0.0732. The summed E-state index contributed by atoms with van der Waals surface area (Å²) in [4.78, 5) is -0.412. The Morgan fingerprint density at radius 2 is 2.10 bits per heavy atom. The zero-order chi connectivity index (χ0) is 14.1. The predicted molar refractivity (Wildman–Crippen MR) is 79.0 cm³/mol. The van der Waals surface area contributed by atoms with Gasteiger partial charge in [-0.1, -0.05) is 23.9 Å². The van der Waals surface area contributed by atoms with Crippen LogP contribution in [0.2, 0.25) is 0 Å². The van der Waals surface area contributed by atoms with E-state index < -0.39 is 4.90 Å². The van der Waals surface area contributed by atoms with Crippen molar-refractivity contribution >= 4 is 22.6 Å². The van der Waals surface area contributed by atoms with Gasteiger partial charge in [0, 0.05) is 17.7 Å². The molecule has 1 unspecified atom stereocenters. The minimum atomic E-state index is -0.412. The standard InChI is InChI=1S/C12H12N5O2S/c1-2-3-10-15-16-11(13-14-12(16)20-10)8-4-6-9(7-5-8)17(18)19/h2-7,10,13,15H,1H3/q-1. The van der Waals surface area contributed by atoms with Crippen LogP contribution >= 0.6 is 11.8 Å². The monoisotopic (exact) mass is 290 g/mol. The molecule has 0 saturated carbocycles.